The molecule has 1 aromatic carbocycles. The van der Waals surface area contributed by atoms with Crippen molar-refractivity contribution in [1.82, 2.24) is 9.88 Å². The Labute approximate surface area is 220 Å². The number of amidine groups is 1. The molecule has 4 heterocycles. The molecule has 0 spiro atoms. The van der Waals surface area contributed by atoms with Crippen LogP contribution >= 0.6 is 0 Å². The highest BCUT2D eigenvalue weighted by molar-refractivity contribution is 6.05. The number of piperidine rings is 1. The molecule has 1 saturated heterocycles. The van der Waals surface area contributed by atoms with Crippen LogP contribution in [-0.2, 0) is 11.0 Å². The Morgan fingerprint density at radius 2 is 2.00 bits per heavy atom. The van der Waals surface area contributed by atoms with Crippen LogP contribution in [0.4, 0.5) is 23.4 Å². The van der Waals surface area contributed by atoms with Gasteiger partial charge in [0.05, 0.1) is 23.5 Å². The summed E-state index contributed by atoms with van der Waals surface area (Å²) in [5, 5.41) is 2.26. The lowest BCUT2D eigenvalue weighted by Crippen LogP contribution is -2.53. The predicted molar refractivity (Wildman–Crippen MR) is 134 cm³/mol. The van der Waals surface area contributed by atoms with Crippen LogP contribution in [0.1, 0.15) is 41.3 Å². The lowest BCUT2D eigenvalue weighted by molar-refractivity contribution is -0.750. The van der Waals surface area contributed by atoms with Gasteiger partial charge in [0, 0.05) is 37.7 Å². The van der Waals surface area contributed by atoms with E-state index in [0.29, 0.717) is 30.5 Å². The Balaban J connectivity index is 1.43. The highest BCUT2D eigenvalue weighted by Gasteiger charge is 2.47. The van der Waals surface area contributed by atoms with E-state index < -0.39 is 28.1 Å². The zero-order valence-corrected chi connectivity index (χ0v) is 20.7. The quantitative estimate of drug-likeness (QED) is 0.346. The van der Waals surface area contributed by atoms with Gasteiger partial charge in [0.2, 0.25) is 11.6 Å². The van der Waals surface area contributed by atoms with Crippen LogP contribution in [0, 0.1) is 11.7 Å². The van der Waals surface area contributed by atoms with Crippen molar-refractivity contribution in [3.8, 4) is 0 Å². The zero-order chi connectivity index (χ0) is 27.9. The smallest absolute Gasteiger partial charge is 0.342 e. The minimum absolute atomic E-state index is 0.0397. The average molecular weight is 543 g/mol. The second-order valence-electron chi connectivity index (χ2n) is 9.44. The molecule has 0 bridgehead atoms. The van der Waals surface area contributed by atoms with E-state index in [4.69, 9.17) is 10.8 Å². The third-order valence-corrected chi connectivity index (χ3v) is 6.88. The Morgan fingerprint density at radius 3 is 2.72 bits per heavy atom. The number of rotatable bonds is 4. The summed E-state index contributed by atoms with van der Waals surface area (Å²) >= 11 is 0. The van der Waals surface area contributed by atoms with Crippen LogP contribution in [0.3, 0.4) is 0 Å². The number of pyridine rings is 1. The summed E-state index contributed by atoms with van der Waals surface area (Å²) in [7, 11) is 0. The number of nitrogens with zero attached hydrogens (tertiary/aromatic N) is 5. The summed E-state index contributed by atoms with van der Waals surface area (Å²) in [4.78, 5) is 39.0. The summed E-state index contributed by atoms with van der Waals surface area (Å²) in [6.45, 7) is 2.61. The van der Waals surface area contributed by atoms with Crippen molar-refractivity contribution in [2.45, 2.75) is 25.9 Å². The average Bonchev–Trinajstić information content (AvgIpc) is 3.21. The van der Waals surface area contributed by atoms with Crippen LogP contribution in [0.5, 0.6) is 0 Å². The van der Waals surface area contributed by atoms with Gasteiger partial charge in [-0.3, -0.25) is 14.6 Å². The monoisotopic (exact) mass is 542 g/mol. The van der Waals surface area contributed by atoms with Gasteiger partial charge in [-0.25, -0.2) is 9.37 Å². The molecule has 13 heteroatoms. The largest absolute Gasteiger partial charge is 0.416 e. The number of hydrogen-bond donors (Lipinski definition) is 2. The molecular formula is C26H24F4N7O2+. The van der Waals surface area contributed by atoms with E-state index in [1.54, 1.807) is 17.3 Å². The van der Waals surface area contributed by atoms with Gasteiger partial charge in [-0.15, -0.1) is 4.59 Å². The fraction of sp³-hybridized carbons (Fsp3) is 0.269. The molecule has 0 radical (unpaired) electrons. The Morgan fingerprint density at radius 1 is 1.21 bits per heavy atom. The van der Waals surface area contributed by atoms with Gasteiger partial charge >= 0.3 is 6.18 Å². The predicted octanol–water partition coefficient (Wildman–Crippen LogP) is 3.97. The number of allylic oxidation sites excluding steroid dienone is 1. The van der Waals surface area contributed by atoms with Gasteiger partial charge in [0.1, 0.15) is 23.5 Å². The molecule has 2 aromatic rings. The number of nitrogens with one attached hydrogen (secondary N) is 1. The molecule has 3 aliphatic heterocycles. The van der Waals surface area contributed by atoms with Crippen LogP contribution < -0.4 is 11.2 Å². The number of nitrogens with two attached hydrogens (primary N) is 1. The molecule has 1 fully saturated rings. The van der Waals surface area contributed by atoms with E-state index in [1.165, 1.54) is 25.3 Å². The highest BCUT2D eigenvalue weighted by atomic mass is 19.4. The van der Waals surface area contributed by atoms with Crippen LogP contribution in [0.25, 0.3) is 0 Å². The number of quaternary nitrogens is 1. The zero-order valence-electron chi connectivity index (χ0n) is 20.7. The van der Waals surface area contributed by atoms with Crippen molar-refractivity contribution < 1.29 is 31.7 Å². The van der Waals surface area contributed by atoms with E-state index in [-0.39, 0.29) is 34.6 Å². The van der Waals surface area contributed by atoms with E-state index in [2.05, 4.69) is 15.3 Å². The Hall–Kier alpha value is -4.23. The summed E-state index contributed by atoms with van der Waals surface area (Å²) in [6, 6.07) is 5.10. The molecule has 2 atom stereocenters. The molecule has 5 rings (SSSR count). The number of carbonyl (C=O) groups excluding carboxylic acids is 2. The molecule has 3 aliphatic rings. The van der Waals surface area contributed by atoms with Gasteiger partial charge in [-0.1, -0.05) is 0 Å². The fourth-order valence-electron chi connectivity index (χ4n) is 4.88. The van der Waals surface area contributed by atoms with Gasteiger partial charge in [-0.2, -0.15) is 24.0 Å². The molecule has 2 unspecified atom stereocenters. The van der Waals surface area contributed by atoms with E-state index in [0.717, 1.165) is 31.2 Å². The van der Waals surface area contributed by atoms with Crippen molar-refractivity contribution in [3.05, 3.63) is 82.8 Å². The Kier molecular flexibility index (Phi) is 6.64. The fourth-order valence-corrected chi connectivity index (χ4v) is 4.88. The van der Waals surface area contributed by atoms with Crippen molar-refractivity contribution in [2.24, 2.45) is 21.7 Å². The second kappa shape index (κ2) is 9.82. The highest BCUT2D eigenvalue weighted by Crippen LogP contribution is 2.38. The van der Waals surface area contributed by atoms with Gasteiger partial charge in [0.15, 0.2) is 0 Å². The lowest BCUT2D eigenvalue weighted by Gasteiger charge is -2.32. The topological polar surface area (TPSA) is 113 Å². The number of aliphatic imine (C=N–C) groups is 2. The first-order chi connectivity index (χ1) is 18.5. The number of amides is 2. The number of likely N-dealkylation sites (tertiary alicyclic amines) is 1. The third-order valence-electron chi connectivity index (χ3n) is 6.88. The number of hydrogen-bond acceptors (Lipinski definition) is 6. The number of anilines is 1. The molecule has 0 aliphatic carbocycles. The maximum Gasteiger partial charge on any atom is 0.416 e. The normalized spacial score (nSPS) is 22.6. The Bertz CT molecular complexity index is 1480. The molecule has 202 valence electrons. The lowest BCUT2D eigenvalue weighted by atomic mass is 9.93. The van der Waals surface area contributed by atoms with E-state index in [9.17, 15) is 22.8 Å². The van der Waals surface area contributed by atoms with Crippen molar-refractivity contribution in [3.63, 3.8) is 0 Å². The first-order valence-corrected chi connectivity index (χ1v) is 12.1. The third kappa shape index (κ3) is 4.98. The van der Waals surface area contributed by atoms with Crippen molar-refractivity contribution in [2.75, 3.05) is 18.4 Å². The minimum atomic E-state index is -4.61. The summed E-state index contributed by atoms with van der Waals surface area (Å²) < 4.78 is 54.0. The first-order valence-electron chi connectivity index (χ1n) is 12.1. The molecule has 39 heavy (non-hydrogen) atoms. The number of fused-ring (bicyclic) bond motifs is 1. The number of aromatic nitrogens is 1. The van der Waals surface area contributed by atoms with Crippen LogP contribution in [-0.4, -0.2) is 51.4 Å². The summed E-state index contributed by atoms with van der Waals surface area (Å²) in [6.07, 6.45) is 2.47. The molecule has 2 amide bonds. The number of carbonyl (C=O) groups is 2. The van der Waals surface area contributed by atoms with E-state index in [1.807, 2.05) is 0 Å². The molecule has 1 aromatic heterocycles. The SMILES string of the molecule is CC(=O)N1CCCC(C2=C3C=NC=C[N+]3(N)C(c3ccc(C(=O)Nc4cc(C(F)(F)F)ccn4)cc3F)=N2)C1. The molecule has 0 saturated carbocycles. The van der Waals surface area contributed by atoms with Gasteiger partial charge in [0.25, 0.3) is 11.7 Å². The van der Waals surface area contributed by atoms with Crippen molar-refractivity contribution >= 4 is 29.7 Å². The van der Waals surface area contributed by atoms with Crippen molar-refractivity contribution in [1.29, 1.82) is 0 Å². The molecule has 3 N–H and O–H groups in total. The van der Waals surface area contributed by atoms with Gasteiger partial charge in [-0.05, 0) is 43.2 Å². The first kappa shape index (κ1) is 26.4. The van der Waals surface area contributed by atoms with Crippen LogP contribution in [0.2, 0.25) is 0 Å². The minimum Gasteiger partial charge on any atom is -0.342 e. The second-order valence-corrected chi connectivity index (χ2v) is 9.44. The maximum atomic E-state index is 15.5. The number of halogens is 4. The summed E-state index contributed by atoms with van der Waals surface area (Å²) in [5.41, 5.74) is 0.0967. The standard InChI is InChI=1S/C26H23F4N7O2/c1-15(38)36-9-2-3-17(14-36)23-21-13-32-8-10-37(21,31)24(35-23)19-5-4-16(11-20(19)27)25(39)34-22-12-18(6-7-33-22)26(28,29)30/h4-8,10-13,17H,2-3,9,14,31H2,1H3/p+1. The molecule has 9 nitrogen and oxygen atoms in total. The van der Waals surface area contributed by atoms with Crippen LogP contribution in [0.15, 0.2) is 70.3 Å². The summed E-state index contributed by atoms with van der Waals surface area (Å²) in [5.74, 6) is 4.74. The van der Waals surface area contributed by atoms with E-state index >= 15 is 4.39 Å². The maximum absolute atomic E-state index is 15.5. The van der Waals surface area contributed by atoms with Gasteiger partial charge < -0.3 is 10.2 Å². The number of benzene rings is 1. The molecular weight excluding hydrogens is 518 g/mol. The number of alkyl halides is 3.